The van der Waals surface area contributed by atoms with E-state index in [1.54, 1.807) is 0 Å². The minimum absolute atomic E-state index is 0.0680. The SMILES string of the molecule is c1ccc(-c2nc(-c3cccc(-c4ccncc4)c3)cc(-c3cccc(-c4ccc5c(c4)C4c6ccccc6C5c5cc(-c6nc(-c7ccccc7)nc(-c7ccccc7)n6)ccc54)c3)n2)cc1. The third kappa shape index (κ3) is 6.98. The van der Waals surface area contributed by atoms with Crippen LogP contribution in [0.25, 0.3) is 90.3 Å². The molecule has 0 saturated carbocycles. The second kappa shape index (κ2) is 16.5. The topological polar surface area (TPSA) is 77.3 Å². The fourth-order valence-corrected chi connectivity index (χ4v) is 10.2. The third-order valence-electron chi connectivity index (χ3n) is 13.4. The van der Waals surface area contributed by atoms with Gasteiger partial charge in [-0.2, -0.15) is 0 Å². The lowest BCUT2D eigenvalue weighted by Gasteiger charge is -2.42. The predicted molar refractivity (Wildman–Crippen MR) is 271 cm³/mol. The first-order chi connectivity index (χ1) is 33.7. The van der Waals surface area contributed by atoms with Gasteiger partial charge in [-0.1, -0.05) is 176 Å². The molecule has 318 valence electrons. The Bertz CT molecular complexity index is 3630. The molecule has 0 spiro atoms. The van der Waals surface area contributed by atoms with Crippen molar-refractivity contribution in [2.24, 2.45) is 0 Å². The van der Waals surface area contributed by atoms with E-state index in [1.165, 1.54) is 38.9 Å². The lowest BCUT2D eigenvalue weighted by Crippen LogP contribution is -2.27. The van der Waals surface area contributed by atoms with Crippen LogP contribution < -0.4 is 0 Å². The molecule has 8 aromatic carbocycles. The van der Waals surface area contributed by atoms with Gasteiger partial charge in [0.25, 0.3) is 0 Å². The Morgan fingerprint density at radius 1 is 0.221 bits per heavy atom. The molecule has 3 aliphatic carbocycles. The average Bonchev–Trinajstić information content (AvgIpc) is 3.43. The summed E-state index contributed by atoms with van der Waals surface area (Å²) in [7, 11) is 0. The lowest BCUT2D eigenvalue weighted by atomic mass is 9.60. The number of nitrogens with zero attached hydrogens (tertiary/aromatic N) is 6. The Labute approximate surface area is 394 Å². The largest absolute Gasteiger partial charge is 0.265 e. The first kappa shape index (κ1) is 39.4. The van der Waals surface area contributed by atoms with Crippen LogP contribution in [-0.2, 0) is 0 Å². The molecule has 0 aliphatic heterocycles. The molecule has 0 amide bonds. The standard InChI is InChI=1S/C62H40N6/c1-4-14-40(15-5-1)59-64-55(46-22-12-20-43(34-46)39-30-32-63-33-31-39)38-56(65-59)47-23-13-21-44(35-47)45-26-28-51-53(36-45)57-49-24-10-11-25-50(49)58(51)54-37-48(27-29-52(54)57)62-67-60(41-16-6-2-7-17-41)66-61(68-62)42-18-8-3-9-19-42/h1-38,57-58H. The lowest BCUT2D eigenvalue weighted by molar-refractivity contribution is 0.755. The van der Waals surface area contributed by atoms with Crippen LogP contribution in [0.5, 0.6) is 0 Å². The maximum atomic E-state index is 5.20. The van der Waals surface area contributed by atoms with Gasteiger partial charge >= 0.3 is 0 Å². The number of hydrogen-bond acceptors (Lipinski definition) is 6. The van der Waals surface area contributed by atoms with E-state index in [9.17, 15) is 0 Å². The highest BCUT2D eigenvalue weighted by Crippen LogP contribution is 2.56. The molecular weight excluding hydrogens is 829 g/mol. The monoisotopic (exact) mass is 868 g/mol. The summed E-state index contributed by atoms with van der Waals surface area (Å²) in [6.45, 7) is 0. The molecule has 6 nitrogen and oxygen atoms in total. The second-order valence-electron chi connectivity index (χ2n) is 17.4. The van der Waals surface area contributed by atoms with Gasteiger partial charge in [0.15, 0.2) is 23.3 Å². The molecule has 3 aromatic heterocycles. The average molecular weight is 869 g/mol. The van der Waals surface area contributed by atoms with Crippen LogP contribution >= 0.6 is 0 Å². The fraction of sp³-hybridized carbons (Fsp3) is 0.0323. The molecule has 0 radical (unpaired) electrons. The number of aromatic nitrogens is 6. The van der Waals surface area contributed by atoms with Crippen molar-refractivity contribution >= 4 is 0 Å². The van der Waals surface area contributed by atoms with Crippen LogP contribution in [0.3, 0.4) is 0 Å². The van der Waals surface area contributed by atoms with E-state index in [2.05, 4.69) is 157 Å². The zero-order valence-electron chi connectivity index (χ0n) is 36.8. The number of pyridine rings is 1. The van der Waals surface area contributed by atoms with Crippen LogP contribution in [0.1, 0.15) is 45.2 Å². The van der Waals surface area contributed by atoms with E-state index < -0.39 is 0 Å². The third-order valence-corrected chi connectivity index (χ3v) is 13.4. The van der Waals surface area contributed by atoms with Crippen LogP contribution in [0.2, 0.25) is 0 Å². The Morgan fingerprint density at radius 2 is 0.588 bits per heavy atom. The van der Waals surface area contributed by atoms with Gasteiger partial charge in [-0.3, -0.25) is 4.98 Å². The summed E-state index contributed by atoms with van der Waals surface area (Å²) in [6.07, 6.45) is 3.66. The van der Waals surface area contributed by atoms with E-state index in [-0.39, 0.29) is 11.8 Å². The van der Waals surface area contributed by atoms with Crippen LogP contribution in [-0.4, -0.2) is 29.9 Å². The molecule has 11 aromatic rings. The molecule has 0 saturated heterocycles. The van der Waals surface area contributed by atoms with E-state index in [0.717, 1.165) is 61.5 Å². The smallest absolute Gasteiger partial charge is 0.164 e. The molecule has 2 unspecified atom stereocenters. The van der Waals surface area contributed by atoms with Crippen molar-refractivity contribution in [3.8, 4) is 90.3 Å². The minimum atomic E-state index is 0.0680. The highest BCUT2D eigenvalue weighted by Gasteiger charge is 2.41. The molecule has 2 bridgehead atoms. The summed E-state index contributed by atoms with van der Waals surface area (Å²) >= 11 is 0. The Kier molecular flexibility index (Phi) is 9.53. The summed E-state index contributed by atoms with van der Waals surface area (Å²) in [5, 5.41) is 0. The number of rotatable bonds is 8. The summed E-state index contributed by atoms with van der Waals surface area (Å²) in [6, 6.07) is 76.9. The summed E-state index contributed by atoms with van der Waals surface area (Å²) in [5.41, 5.74) is 20.2. The van der Waals surface area contributed by atoms with Gasteiger partial charge in [-0.15, -0.1) is 0 Å². The zero-order chi connectivity index (χ0) is 45.0. The number of benzene rings is 8. The summed E-state index contributed by atoms with van der Waals surface area (Å²) in [5.74, 6) is 2.81. The normalized spacial score (nSPS) is 14.2. The molecule has 2 atom stereocenters. The van der Waals surface area contributed by atoms with Gasteiger partial charge in [0.2, 0.25) is 0 Å². The van der Waals surface area contributed by atoms with Gasteiger partial charge < -0.3 is 0 Å². The zero-order valence-corrected chi connectivity index (χ0v) is 36.8. The fourth-order valence-electron chi connectivity index (χ4n) is 10.2. The molecule has 0 fully saturated rings. The molecule has 0 N–H and O–H groups in total. The molecule has 14 rings (SSSR count). The molecule has 68 heavy (non-hydrogen) atoms. The van der Waals surface area contributed by atoms with Crippen molar-refractivity contribution in [2.45, 2.75) is 11.8 Å². The molecule has 3 heterocycles. The van der Waals surface area contributed by atoms with Crippen molar-refractivity contribution in [2.75, 3.05) is 0 Å². The van der Waals surface area contributed by atoms with Gasteiger partial charge in [0.1, 0.15) is 0 Å². The van der Waals surface area contributed by atoms with Gasteiger partial charge in [0, 0.05) is 57.6 Å². The molecular formula is C62H40N6. The molecule has 3 aliphatic rings. The van der Waals surface area contributed by atoms with E-state index >= 15 is 0 Å². The van der Waals surface area contributed by atoms with E-state index in [0.29, 0.717) is 23.3 Å². The molecule has 6 heteroatoms. The second-order valence-corrected chi connectivity index (χ2v) is 17.4. The minimum Gasteiger partial charge on any atom is -0.265 e. The quantitative estimate of drug-likeness (QED) is 0.151. The Morgan fingerprint density at radius 3 is 1.10 bits per heavy atom. The highest BCUT2D eigenvalue weighted by atomic mass is 15.0. The van der Waals surface area contributed by atoms with Gasteiger partial charge in [-0.25, -0.2) is 24.9 Å². The van der Waals surface area contributed by atoms with Crippen molar-refractivity contribution < 1.29 is 0 Å². The van der Waals surface area contributed by atoms with Crippen molar-refractivity contribution in [3.05, 3.63) is 264 Å². The van der Waals surface area contributed by atoms with Gasteiger partial charge in [-0.05, 0) is 98.1 Å². The Balaban J connectivity index is 0.889. The summed E-state index contributed by atoms with van der Waals surface area (Å²) < 4.78 is 0. The van der Waals surface area contributed by atoms with Crippen LogP contribution in [0.15, 0.2) is 231 Å². The van der Waals surface area contributed by atoms with Crippen molar-refractivity contribution in [1.29, 1.82) is 0 Å². The van der Waals surface area contributed by atoms with Crippen LogP contribution in [0, 0.1) is 0 Å². The van der Waals surface area contributed by atoms with Crippen molar-refractivity contribution in [1.82, 2.24) is 29.9 Å². The maximum absolute atomic E-state index is 5.20. The van der Waals surface area contributed by atoms with Crippen LogP contribution in [0.4, 0.5) is 0 Å². The highest BCUT2D eigenvalue weighted by molar-refractivity contribution is 5.80. The maximum Gasteiger partial charge on any atom is 0.164 e. The van der Waals surface area contributed by atoms with E-state index in [4.69, 9.17) is 24.9 Å². The van der Waals surface area contributed by atoms with Crippen molar-refractivity contribution in [3.63, 3.8) is 0 Å². The number of hydrogen-bond donors (Lipinski definition) is 0. The predicted octanol–water partition coefficient (Wildman–Crippen LogP) is 14.4. The first-order valence-electron chi connectivity index (χ1n) is 23.0. The van der Waals surface area contributed by atoms with Gasteiger partial charge in [0.05, 0.1) is 11.4 Å². The first-order valence-corrected chi connectivity index (χ1v) is 23.0. The Hall–Kier alpha value is -9.00. The summed E-state index contributed by atoms with van der Waals surface area (Å²) in [4.78, 5) is 29.7. The van der Waals surface area contributed by atoms with E-state index in [1.807, 2.05) is 79.1 Å².